The van der Waals surface area contributed by atoms with Crippen LogP contribution < -0.4 is 14.8 Å². The molecule has 1 N–H and O–H groups in total. The number of ether oxygens (including phenoxy) is 2. The van der Waals surface area contributed by atoms with Gasteiger partial charge in [-0.25, -0.2) is 0 Å². The van der Waals surface area contributed by atoms with Crippen LogP contribution in [0.25, 0.3) is 10.8 Å². The number of aryl methyl sites for hydroxylation is 1. The maximum Gasteiger partial charge on any atom is 0.224 e. The Labute approximate surface area is 164 Å². The van der Waals surface area contributed by atoms with Gasteiger partial charge in [-0.1, -0.05) is 36.4 Å². The molecule has 144 valence electrons. The van der Waals surface area contributed by atoms with E-state index in [9.17, 15) is 9.59 Å². The molecule has 28 heavy (non-hydrogen) atoms. The molecule has 0 unspecified atom stereocenters. The Kier molecular flexibility index (Phi) is 5.94. The molecule has 5 heteroatoms. The molecule has 0 atom stereocenters. The molecule has 3 aromatic rings. The van der Waals surface area contributed by atoms with Crippen LogP contribution in [0.15, 0.2) is 54.6 Å². The molecule has 0 radical (unpaired) electrons. The van der Waals surface area contributed by atoms with Crippen molar-refractivity contribution < 1.29 is 19.1 Å². The average Bonchev–Trinajstić information content (AvgIpc) is 2.72. The van der Waals surface area contributed by atoms with Crippen molar-refractivity contribution >= 4 is 28.2 Å². The van der Waals surface area contributed by atoms with E-state index in [0.717, 1.165) is 16.3 Å². The van der Waals surface area contributed by atoms with Crippen LogP contribution in [0.5, 0.6) is 11.5 Å². The number of hydrogen-bond donors (Lipinski definition) is 1. The highest BCUT2D eigenvalue weighted by molar-refractivity contribution is 6.02. The second-order valence-electron chi connectivity index (χ2n) is 6.56. The fraction of sp³-hybridized carbons (Fsp3) is 0.217. The molecule has 5 nitrogen and oxygen atoms in total. The maximum absolute atomic E-state index is 12.5. The summed E-state index contributed by atoms with van der Waals surface area (Å²) in [6.07, 6.45) is 0.260. The van der Waals surface area contributed by atoms with E-state index in [4.69, 9.17) is 9.47 Å². The molecular weight excluding hydrogens is 354 g/mol. The van der Waals surface area contributed by atoms with E-state index in [0.29, 0.717) is 22.7 Å². The average molecular weight is 377 g/mol. The van der Waals surface area contributed by atoms with E-state index in [1.807, 2.05) is 43.3 Å². The number of methoxy groups -OCH3 is 2. The van der Waals surface area contributed by atoms with Gasteiger partial charge in [-0.2, -0.15) is 0 Å². The van der Waals surface area contributed by atoms with Gasteiger partial charge in [-0.15, -0.1) is 0 Å². The van der Waals surface area contributed by atoms with Gasteiger partial charge in [0.15, 0.2) is 17.3 Å². The van der Waals surface area contributed by atoms with Crippen LogP contribution in [0, 0.1) is 6.92 Å². The molecule has 0 fully saturated rings. The predicted octanol–water partition coefficient (Wildman–Crippen LogP) is 4.77. The van der Waals surface area contributed by atoms with Gasteiger partial charge in [0.1, 0.15) is 0 Å². The largest absolute Gasteiger partial charge is 0.493 e. The zero-order chi connectivity index (χ0) is 20.1. The van der Waals surface area contributed by atoms with Crippen LogP contribution >= 0.6 is 0 Å². The standard InChI is InChI=1S/C23H23NO4/c1-15-12-21(27-2)22(28-3)14-19(15)24-23(26)11-10-20(25)18-9-8-16-6-4-5-7-17(16)13-18/h4-9,12-14H,10-11H2,1-3H3,(H,24,26). The highest BCUT2D eigenvalue weighted by Gasteiger charge is 2.13. The normalized spacial score (nSPS) is 10.5. The fourth-order valence-electron chi connectivity index (χ4n) is 3.06. The third kappa shape index (κ3) is 4.31. The summed E-state index contributed by atoms with van der Waals surface area (Å²) in [6.45, 7) is 1.87. The number of fused-ring (bicyclic) bond motifs is 1. The molecule has 0 spiro atoms. The van der Waals surface area contributed by atoms with Gasteiger partial charge in [0, 0.05) is 30.2 Å². The topological polar surface area (TPSA) is 64.6 Å². The predicted molar refractivity (Wildman–Crippen MR) is 110 cm³/mol. The van der Waals surface area contributed by atoms with Crippen LogP contribution in [0.4, 0.5) is 5.69 Å². The van der Waals surface area contributed by atoms with Gasteiger partial charge in [0.05, 0.1) is 14.2 Å². The Hall–Kier alpha value is -3.34. The van der Waals surface area contributed by atoms with Crippen LogP contribution in [0.1, 0.15) is 28.8 Å². The Balaban J connectivity index is 1.64. The summed E-state index contributed by atoms with van der Waals surface area (Å²) in [4.78, 5) is 24.8. The Morgan fingerprint density at radius 1 is 0.857 bits per heavy atom. The highest BCUT2D eigenvalue weighted by Crippen LogP contribution is 2.33. The number of hydrogen-bond acceptors (Lipinski definition) is 4. The van der Waals surface area contributed by atoms with Gasteiger partial charge in [-0.05, 0) is 35.4 Å². The second-order valence-corrected chi connectivity index (χ2v) is 6.56. The molecule has 0 bridgehead atoms. The van der Waals surface area contributed by atoms with Crippen molar-refractivity contribution in [2.75, 3.05) is 19.5 Å². The third-order valence-electron chi connectivity index (χ3n) is 4.66. The molecule has 3 aromatic carbocycles. The lowest BCUT2D eigenvalue weighted by atomic mass is 10.0. The number of rotatable bonds is 7. The summed E-state index contributed by atoms with van der Waals surface area (Å²) in [5.41, 5.74) is 2.11. The van der Waals surface area contributed by atoms with Gasteiger partial charge in [0.2, 0.25) is 5.91 Å². The van der Waals surface area contributed by atoms with Crippen LogP contribution in [-0.2, 0) is 4.79 Å². The van der Waals surface area contributed by atoms with Crippen LogP contribution in [-0.4, -0.2) is 25.9 Å². The molecule has 0 aliphatic carbocycles. The van der Waals surface area contributed by atoms with E-state index in [2.05, 4.69) is 5.32 Å². The van der Waals surface area contributed by atoms with Gasteiger partial charge in [0.25, 0.3) is 0 Å². The SMILES string of the molecule is COc1cc(C)c(NC(=O)CCC(=O)c2ccc3ccccc3c2)cc1OC. The number of amides is 1. The lowest BCUT2D eigenvalue weighted by molar-refractivity contribution is -0.116. The van der Waals surface area contributed by atoms with E-state index < -0.39 is 0 Å². The zero-order valence-electron chi connectivity index (χ0n) is 16.2. The number of ketones is 1. The summed E-state index contributed by atoms with van der Waals surface area (Å²) in [6, 6.07) is 17.0. The molecule has 0 aromatic heterocycles. The zero-order valence-corrected chi connectivity index (χ0v) is 16.2. The molecule has 0 heterocycles. The summed E-state index contributed by atoms with van der Waals surface area (Å²) >= 11 is 0. The molecule has 0 saturated carbocycles. The lowest BCUT2D eigenvalue weighted by Crippen LogP contribution is -2.14. The van der Waals surface area contributed by atoms with E-state index in [1.54, 1.807) is 32.4 Å². The first-order chi connectivity index (χ1) is 13.5. The minimum atomic E-state index is -0.218. The second kappa shape index (κ2) is 8.57. The number of anilines is 1. The number of carbonyl (C=O) groups excluding carboxylic acids is 2. The monoisotopic (exact) mass is 377 g/mol. The smallest absolute Gasteiger partial charge is 0.224 e. The fourth-order valence-corrected chi connectivity index (χ4v) is 3.06. The Bertz CT molecular complexity index is 1030. The van der Waals surface area contributed by atoms with Crippen molar-refractivity contribution in [2.45, 2.75) is 19.8 Å². The lowest BCUT2D eigenvalue weighted by Gasteiger charge is -2.13. The summed E-state index contributed by atoms with van der Waals surface area (Å²) in [7, 11) is 3.11. The minimum Gasteiger partial charge on any atom is -0.493 e. The maximum atomic E-state index is 12.5. The summed E-state index contributed by atoms with van der Waals surface area (Å²) < 4.78 is 10.5. The first-order valence-electron chi connectivity index (χ1n) is 9.06. The van der Waals surface area contributed by atoms with Crippen molar-refractivity contribution in [3.05, 3.63) is 65.7 Å². The van der Waals surface area contributed by atoms with Crippen LogP contribution in [0.3, 0.4) is 0 Å². The quantitative estimate of drug-likeness (QED) is 0.603. The van der Waals surface area contributed by atoms with Crippen molar-refractivity contribution in [1.29, 1.82) is 0 Å². The Morgan fingerprint density at radius 3 is 2.25 bits per heavy atom. The van der Waals surface area contributed by atoms with Gasteiger partial charge in [-0.3, -0.25) is 9.59 Å². The molecule has 3 rings (SSSR count). The summed E-state index contributed by atoms with van der Waals surface area (Å²) in [5, 5.41) is 4.94. The Morgan fingerprint density at radius 2 is 1.54 bits per heavy atom. The summed E-state index contributed by atoms with van der Waals surface area (Å²) in [5.74, 6) is 0.870. The number of benzene rings is 3. The van der Waals surface area contributed by atoms with Crippen molar-refractivity contribution in [2.24, 2.45) is 0 Å². The number of nitrogens with one attached hydrogen (secondary N) is 1. The first-order valence-corrected chi connectivity index (χ1v) is 9.06. The van der Waals surface area contributed by atoms with Crippen LogP contribution in [0.2, 0.25) is 0 Å². The van der Waals surface area contributed by atoms with Crippen molar-refractivity contribution in [3.8, 4) is 11.5 Å². The molecule has 1 amide bonds. The molecule has 0 saturated heterocycles. The van der Waals surface area contributed by atoms with E-state index in [1.165, 1.54) is 0 Å². The number of carbonyl (C=O) groups is 2. The first kappa shape index (κ1) is 19.4. The highest BCUT2D eigenvalue weighted by atomic mass is 16.5. The van der Waals surface area contributed by atoms with E-state index in [-0.39, 0.29) is 24.5 Å². The third-order valence-corrected chi connectivity index (χ3v) is 4.66. The van der Waals surface area contributed by atoms with Gasteiger partial charge < -0.3 is 14.8 Å². The molecule has 0 aliphatic rings. The van der Waals surface area contributed by atoms with Crippen molar-refractivity contribution in [1.82, 2.24) is 0 Å². The molecule has 0 aliphatic heterocycles. The van der Waals surface area contributed by atoms with Gasteiger partial charge >= 0.3 is 0 Å². The van der Waals surface area contributed by atoms with Crippen molar-refractivity contribution in [3.63, 3.8) is 0 Å². The molecular formula is C23H23NO4. The minimum absolute atomic E-state index is 0.0510. The number of Topliss-reactive ketones (excluding diaryl/α,β-unsaturated/α-hetero) is 1. The van der Waals surface area contributed by atoms with E-state index >= 15 is 0 Å².